The molecular formula is C18H27N7O. The topological polar surface area (TPSA) is 88.0 Å². The molecule has 3 heterocycles. The fourth-order valence-corrected chi connectivity index (χ4v) is 3.28. The van der Waals surface area contributed by atoms with Gasteiger partial charge in [0.25, 0.3) is 5.91 Å². The molecule has 0 aliphatic carbocycles. The number of hydrogen-bond acceptors (Lipinski definition) is 6. The molecule has 2 aromatic heterocycles. The van der Waals surface area contributed by atoms with Crippen molar-refractivity contribution in [2.24, 2.45) is 7.05 Å². The first-order chi connectivity index (χ1) is 12.5. The Morgan fingerprint density at radius 1 is 1.15 bits per heavy atom. The predicted octanol–water partition coefficient (Wildman–Crippen LogP) is 1.58. The number of aromatic nitrogens is 4. The van der Waals surface area contributed by atoms with E-state index in [1.165, 1.54) is 12.8 Å². The van der Waals surface area contributed by atoms with Crippen LogP contribution in [0.15, 0.2) is 6.07 Å². The minimum atomic E-state index is -0.0992. The molecule has 3 rings (SSSR count). The molecule has 1 saturated heterocycles. The van der Waals surface area contributed by atoms with Gasteiger partial charge in [-0.2, -0.15) is 10.1 Å². The molecule has 0 spiro atoms. The van der Waals surface area contributed by atoms with Crippen molar-refractivity contribution in [1.82, 2.24) is 25.1 Å². The van der Waals surface area contributed by atoms with Gasteiger partial charge in [-0.25, -0.2) is 4.98 Å². The van der Waals surface area contributed by atoms with Gasteiger partial charge < -0.3 is 15.5 Å². The second-order valence-electron chi connectivity index (χ2n) is 6.74. The summed E-state index contributed by atoms with van der Waals surface area (Å²) in [4.78, 5) is 23.7. The largest absolute Gasteiger partial charge is 0.356 e. The van der Waals surface area contributed by atoms with Crippen molar-refractivity contribution < 1.29 is 4.79 Å². The van der Waals surface area contributed by atoms with Crippen LogP contribution in [0.3, 0.4) is 0 Å². The zero-order valence-corrected chi connectivity index (χ0v) is 16.0. The van der Waals surface area contributed by atoms with E-state index < -0.39 is 0 Å². The van der Waals surface area contributed by atoms with E-state index in [2.05, 4.69) is 30.6 Å². The Labute approximate surface area is 154 Å². The lowest BCUT2D eigenvalue weighted by molar-refractivity contribution is 0.0954. The highest BCUT2D eigenvalue weighted by molar-refractivity contribution is 5.96. The fraction of sp³-hybridized carbons (Fsp3) is 0.556. The zero-order chi connectivity index (χ0) is 18.7. The summed E-state index contributed by atoms with van der Waals surface area (Å²) in [7, 11) is 1.84. The first-order valence-electron chi connectivity index (χ1n) is 9.08. The molecule has 0 saturated carbocycles. The van der Waals surface area contributed by atoms with Crippen LogP contribution in [0.4, 0.5) is 11.8 Å². The molecule has 1 aliphatic heterocycles. The number of nitrogens with one attached hydrogen (secondary N) is 2. The van der Waals surface area contributed by atoms with E-state index in [0.717, 1.165) is 36.0 Å². The molecule has 8 nitrogen and oxygen atoms in total. The first kappa shape index (κ1) is 18.2. The smallest absolute Gasteiger partial charge is 0.255 e. The van der Waals surface area contributed by atoms with Crippen molar-refractivity contribution in [3.8, 4) is 0 Å². The quantitative estimate of drug-likeness (QED) is 0.763. The lowest BCUT2D eigenvalue weighted by Crippen LogP contribution is -2.30. The third kappa shape index (κ3) is 3.95. The average Bonchev–Trinajstić information content (AvgIpc) is 3.20. The molecule has 8 heteroatoms. The van der Waals surface area contributed by atoms with Gasteiger partial charge in [0.15, 0.2) is 0 Å². The molecular weight excluding hydrogens is 330 g/mol. The van der Waals surface area contributed by atoms with Crippen LogP contribution in [0.5, 0.6) is 0 Å². The van der Waals surface area contributed by atoms with Crippen molar-refractivity contribution in [2.45, 2.75) is 33.6 Å². The molecule has 1 fully saturated rings. The number of hydrogen-bond donors (Lipinski definition) is 2. The summed E-state index contributed by atoms with van der Waals surface area (Å²) in [6.07, 6.45) is 2.43. The van der Waals surface area contributed by atoms with Gasteiger partial charge >= 0.3 is 0 Å². The monoisotopic (exact) mass is 357 g/mol. The Hall–Kier alpha value is -2.64. The third-order valence-electron chi connectivity index (χ3n) is 4.70. The maximum atomic E-state index is 12.4. The van der Waals surface area contributed by atoms with E-state index in [0.29, 0.717) is 24.6 Å². The maximum Gasteiger partial charge on any atom is 0.255 e. The summed E-state index contributed by atoms with van der Waals surface area (Å²) in [5.41, 5.74) is 3.20. The lowest BCUT2D eigenvalue weighted by atomic mass is 10.2. The molecule has 0 atom stereocenters. The van der Waals surface area contributed by atoms with Crippen LogP contribution in [-0.4, -0.2) is 51.8 Å². The van der Waals surface area contributed by atoms with Crippen LogP contribution < -0.4 is 15.5 Å². The van der Waals surface area contributed by atoms with Gasteiger partial charge in [0.2, 0.25) is 5.95 Å². The number of carbonyl (C=O) groups excluding carboxylic acids is 1. The standard InChI is InChI=1S/C18H27N7O/c1-12-11-15(25-9-5-6-10-25)22-18(21-12)20-8-7-19-17(26)16-13(2)23-24(4)14(16)3/h11H,5-10H2,1-4H3,(H,19,26)(H,20,21,22). The number of aryl methyl sites for hydroxylation is 3. The van der Waals surface area contributed by atoms with E-state index in [-0.39, 0.29) is 5.91 Å². The third-order valence-corrected chi connectivity index (χ3v) is 4.70. The Kier molecular flexibility index (Phi) is 5.39. The van der Waals surface area contributed by atoms with Crippen LogP contribution >= 0.6 is 0 Å². The Morgan fingerprint density at radius 2 is 1.88 bits per heavy atom. The van der Waals surface area contributed by atoms with Crippen LogP contribution in [-0.2, 0) is 7.05 Å². The number of rotatable bonds is 6. The number of carbonyl (C=O) groups is 1. The highest BCUT2D eigenvalue weighted by Crippen LogP contribution is 2.19. The van der Waals surface area contributed by atoms with Gasteiger partial charge in [-0.3, -0.25) is 9.48 Å². The number of amides is 1. The lowest BCUT2D eigenvalue weighted by Gasteiger charge is -2.17. The minimum Gasteiger partial charge on any atom is -0.356 e. The van der Waals surface area contributed by atoms with E-state index in [4.69, 9.17) is 0 Å². The number of anilines is 2. The summed E-state index contributed by atoms with van der Waals surface area (Å²) >= 11 is 0. The molecule has 0 aromatic carbocycles. The van der Waals surface area contributed by atoms with Gasteiger partial charge in [-0.05, 0) is 33.6 Å². The summed E-state index contributed by atoms with van der Waals surface area (Å²) in [5.74, 6) is 1.48. The number of nitrogens with zero attached hydrogens (tertiary/aromatic N) is 5. The van der Waals surface area contributed by atoms with E-state index in [1.54, 1.807) is 4.68 Å². The molecule has 0 radical (unpaired) electrons. The Balaban J connectivity index is 1.54. The minimum absolute atomic E-state index is 0.0992. The summed E-state index contributed by atoms with van der Waals surface area (Å²) in [6, 6.07) is 2.02. The molecule has 26 heavy (non-hydrogen) atoms. The van der Waals surface area contributed by atoms with Gasteiger partial charge in [0.1, 0.15) is 5.82 Å². The predicted molar refractivity (Wildman–Crippen MR) is 102 cm³/mol. The van der Waals surface area contributed by atoms with Crippen molar-refractivity contribution >= 4 is 17.7 Å². The molecule has 140 valence electrons. The first-order valence-corrected chi connectivity index (χ1v) is 9.08. The highest BCUT2D eigenvalue weighted by Gasteiger charge is 2.17. The van der Waals surface area contributed by atoms with Crippen molar-refractivity contribution in [3.63, 3.8) is 0 Å². The highest BCUT2D eigenvalue weighted by atomic mass is 16.1. The normalized spacial score (nSPS) is 13.9. The van der Waals surface area contributed by atoms with Crippen molar-refractivity contribution in [3.05, 3.63) is 28.7 Å². The SMILES string of the molecule is Cc1cc(N2CCCC2)nc(NCCNC(=O)c2c(C)nn(C)c2C)n1. The van der Waals surface area contributed by atoms with E-state index >= 15 is 0 Å². The average molecular weight is 357 g/mol. The summed E-state index contributed by atoms with van der Waals surface area (Å²) < 4.78 is 1.73. The summed E-state index contributed by atoms with van der Waals surface area (Å²) in [6.45, 7) is 8.87. The van der Waals surface area contributed by atoms with Gasteiger partial charge in [0, 0.05) is 50.7 Å². The van der Waals surface area contributed by atoms with Crippen LogP contribution in [0.2, 0.25) is 0 Å². The van der Waals surface area contributed by atoms with Gasteiger partial charge in [-0.1, -0.05) is 0 Å². The molecule has 0 unspecified atom stereocenters. The van der Waals surface area contributed by atoms with Crippen molar-refractivity contribution in [2.75, 3.05) is 36.4 Å². The van der Waals surface area contributed by atoms with Gasteiger partial charge in [0.05, 0.1) is 11.3 Å². The Morgan fingerprint density at radius 3 is 2.54 bits per heavy atom. The summed E-state index contributed by atoms with van der Waals surface area (Å²) in [5, 5.41) is 10.4. The van der Waals surface area contributed by atoms with Crippen molar-refractivity contribution in [1.29, 1.82) is 0 Å². The maximum absolute atomic E-state index is 12.4. The Bertz CT molecular complexity index is 793. The molecule has 2 aromatic rings. The van der Waals surface area contributed by atoms with Gasteiger partial charge in [-0.15, -0.1) is 0 Å². The van der Waals surface area contributed by atoms with E-state index in [9.17, 15) is 4.79 Å². The molecule has 2 N–H and O–H groups in total. The zero-order valence-electron chi connectivity index (χ0n) is 16.0. The second-order valence-corrected chi connectivity index (χ2v) is 6.74. The molecule has 1 aliphatic rings. The van der Waals surface area contributed by atoms with E-state index in [1.807, 2.05) is 33.9 Å². The fourth-order valence-electron chi connectivity index (χ4n) is 3.28. The molecule has 0 bridgehead atoms. The second kappa shape index (κ2) is 7.72. The van der Waals surface area contributed by atoms with Crippen LogP contribution in [0, 0.1) is 20.8 Å². The van der Waals surface area contributed by atoms with Crippen LogP contribution in [0.25, 0.3) is 0 Å². The van der Waals surface area contributed by atoms with Crippen LogP contribution in [0.1, 0.15) is 40.3 Å². The molecule has 1 amide bonds.